The van der Waals surface area contributed by atoms with Gasteiger partial charge in [-0.2, -0.15) is 0 Å². The fraction of sp³-hybridized carbons (Fsp3) is 0.833. The average molecular weight is 400 g/mol. The van der Waals surface area contributed by atoms with E-state index in [1.54, 1.807) is 20.8 Å². The number of alkyl carbamates (subject to hydrolysis) is 1. The van der Waals surface area contributed by atoms with E-state index < -0.39 is 29.7 Å². The maximum absolute atomic E-state index is 13.1. The Morgan fingerprint density at radius 1 is 1.32 bits per heavy atom. The van der Waals surface area contributed by atoms with Gasteiger partial charge in [-0.15, -0.1) is 0 Å². The minimum Gasteiger partial charge on any atom is -0.468 e. The van der Waals surface area contributed by atoms with Crippen LogP contribution in [0.25, 0.3) is 0 Å². The van der Waals surface area contributed by atoms with Crippen LogP contribution in [0.5, 0.6) is 0 Å². The van der Waals surface area contributed by atoms with E-state index in [4.69, 9.17) is 14.2 Å². The quantitative estimate of drug-likeness (QED) is 0.549. The van der Waals surface area contributed by atoms with Crippen molar-refractivity contribution in [3.8, 4) is 0 Å². The number of carbonyl (C=O) groups excluding carboxylic acids is 3. The second-order valence-corrected chi connectivity index (χ2v) is 7.97. The van der Waals surface area contributed by atoms with Crippen molar-refractivity contribution in [1.82, 2.24) is 21.1 Å². The molecule has 160 valence electrons. The van der Waals surface area contributed by atoms with E-state index in [1.807, 2.05) is 0 Å². The summed E-state index contributed by atoms with van der Waals surface area (Å²) in [4.78, 5) is 37.2. The number of hydrazine groups is 1. The second kappa shape index (κ2) is 10.0. The largest absolute Gasteiger partial charge is 0.468 e. The Morgan fingerprint density at radius 3 is 2.68 bits per heavy atom. The summed E-state index contributed by atoms with van der Waals surface area (Å²) in [6.07, 6.45) is 0.650. The molecular weight excluding hydrogens is 368 g/mol. The number of esters is 1. The molecule has 3 N–H and O–H groups in total. The highest BCUT2D eigenvalue weighted by molar-refractivity contribution is 5.86. The maximum atomic E-state index is 13.1. The zero-order valence-corrected chi connectivity index (χ0v) is 17.1. The van der Waals surface area contributed by atoms with Gasteiger partial charge >= 0.3 is 12.1 Å². The Bertz CT molecular complexity index is 559. The summed E-state index contributed by atoms with van der Waals surface area (Å²) >= 11 is 0. The van der Waals surface area contributed by atoms with E-state index in [2.05, 4.69) is 16.1 Å². The van der Waals surface area contributed by atoms with Gasteiger partial charge < -0.3 is 24.8 Å². The van der Waals surface area contributed by atoms with Crippen LogP contribution in [0.2, 0.25) is 0 Å². The predicted octanol–water partition coefficient (Wildman–Crippen LogP) is -0.0732. The van der Waals surface area contributed by atoms with Gasteiger partial charge in [0.15, 0.2) is 0 Å². The lowest BCUT2D eigenvalue weighted by atomic mass is 10.1. The Morgan fingerprint density at radius 2 is 2.07 bits per heavy atom. The van der Waals surface area contributed by atoms with Crippen molar-refractivity contribution in [2.24, 2.45) is 0 Å². The van der Waals surface area contributed by atoms with Crippen molar-refractivity contribution in [2.75, 3.05) is 33.4 Å². The van der Waals surface area contributed by atoms with Crippen molar-refractivity contribution < 1.29 is 28.6 Å². The normalized spacial score (nSPS) is 24.2. The fourth-order valence-electron chi connectivity index (χ4n) is 3.15. The number of carbonyl (C=O) groups is 3. The van der Waals surface area contributed by atoms with Gasteiger partial charge in [0.1, 0.15) is 17.7 Å². The first-order valence-electron chi connectivity index (χ1n) is 9.67. The van der Waals surface area contributed by atoms with Crippen LogP contribution in [-0.4, -0.2) is 80.1 Å². The van der Waals surface area contributed by atoms with Crippen LogP contribution in [-0.2, 0) is 23.8 Å². The standard InChI is InChI=1S/C18H32N4O6/c1-18(2,3)28-17(25)20-14(10-12-11-19-7-9-27-12)15(23)22-8-5-6-13(21-22)16(24)26-4/h12-14,19,21H,5-11H2,1-4H3,(H,20,25)/t12-,13-,14?/m0/s1. The summed E-state index contributed by atoms with van der Waals surface area (Å²) in [6.45, 7) is 7.59. The van der Waals surface area contributed by atoms with Crippen LogP contribution >= 0.6 is 0 Å². The minimum atomic E-state index is -0.844. The van der Waals surface area contributed by atoms with Crippen LogP contribution in [0.4, 0.5) is 4.79 Å². The van der Waals surface area contributed by atoms with E-state index in [9.17, 15) is 14.4 Å². The molecule has 2 amide bonds. The van der Waals surface area contributed by atoms with Gasteiger partial charge in [0.2, 0.25) is 0 Å². The highest BCUT2D eigenvalue weighted by Gasteiger charge is 2.35. The summed E-state index contributed by atoms with van der Waals surface area (Å²) in [5, 5.41) is 7.25. The van der Waals surface area contributed by atoms with Crippen molar-refractivity contribution in [2.45, 2.75) is 63.8 Å². The predicted molar refractivity (Wildman–Crippen MR) is 100 cm³/mol. The van der Waals surface area contributed by atoms with Crippen LogP contribution < -0.4 is 16.1 Å². The second-order valence-electron chi connectivity index (χ2n) is 7.97. The molecule has 0 bridgehead atoms. The van der Waals surface area contributed by atoms with Crippen molar-refractivity contribution in [1.29, 1.82) is 0 Å². The van der Waals surface area contributed by atoms with E-state index in [0.717, 1.165) is 6.54 Å². The molecule has 1 unspecified atom stereocenters. The molecule has 3 atom stereocenters. The van der Waals surface area contributed by atoms with E-state index in [1.165, 1.54) is 12.1 Å². The average Bonchev–Trinajstić information content (AvgIpc) is 2.65. The lowest BCUT2D eigenvalue weighted by Crippen LogP contribution is -2.61. The molecule has 0 saturated carbocycles. The van der Waals surface area contributed by atoms with E-state index in [0.29, 0.717) is 39.0 Å². The molecule has 10 nitrogen and oxygen atoms in total. The van der Waals surface area contributed by atoms with Gasteiger partial charge in [-0.05, 0) is 33.6 Å². The maximum Gasteiger partial charge on any atom is 0.408 e. The highest BCUT2D eigenvalue weighted by Crippen LogP contribution is 2.14. The SMILES string of the molecule is COC(=O)[C@@H]1CCCN(C(=O)C(C[C@H]2CNCCO2)NC(=O)OC(C)(C)C)N1. The monoisotopic (exact) mass is 400 g/mol. The van der Waals surface area contributed by atoms with Crippen molar-refractivity contribution >= 4 is 18.0 Å². The number of amides is 2. The molecule has 0 spiro atoms. The molecule has 0 radical (unpaired) electrons. The summed E-state index contributed by atoms with van der Waals surface area (Å²) in [5.74, 6) is -0.761. The molecule has 2 aliphatic rings. The Labute approximate surface area is 165 Å². The molecule has 2 rings (SSSR count). The number of hydrogen-bond acceptors (Lipinski definition) is 8. The van der Waals surface area contributed by atoms with Gasteiger partial charge in [-0.1, -0.05) is 0 Å². The molecule has 2 saturated heterocycles. The summed E-state index contributed by atoms with van der Waals surface area (Å²) < 4.78 is 15.7. The zero-order chi connectivity index (χ0) is 20.7. The topological polar surface area (TPSA) is 118 Å². The molecular formula is C18H32N4O6. The van der Waals surface area contributed by atoms with Gasteiger partial charge in [0.25, 0.3) is 5.91 Å². The first kappa shape index (κ1) is 22.4. The summed E-state index contributed by atoms with van der Waals surface area (Å²) in [5.41, 5.74) is 2.22. The number of morpholine rings is 1. The molecule has 0 aromatic heterocycles. The summed E-state index contributed by atoms with van der Waals surface area (Å²) in [6, 6.07) is -1.43. The molecule has 0 aromatic rings. The zero-order valence-electron chi connectivity index (χ0n) is 17.1. The first-order valence-corrected chi connectivity index (χ1v) is 9.67. The van der Waals surface area contributed by atoms with Gasteiger partial charge in [0.05, 0.1) is 19.8 Å². The van der Waals surface area contributed by atoms with E-state index in [-0.39, 0.29) is 12.0 Å². The number of nitrogens with one attached hydrogen (secondary N) is 3. The third kappa shape index (κ3) is 6.92. The van der Waals surface area contributed by atoms with Crippen molar-refractivity contribution in [3.05, 3.63) is 0 Å². The van der Waals surface area contributed by atoms with Crippen molar-refractivity contribution in [3.63, 3.8) is 0 Å². The molecule has 28 heavy (non-hydrogen) atoms. The Hall–Kier alpha value is -1.91. The molecule has 0 aliphatic carbocycles. The van der Waals surface area contributed by atoms with Crippen LogP contribution in [0.1, 0.15) is 40.0 Å². The smallest absolute Gasteiger partial charge is 0.408 e. The minimum absolute atomic E-state index is 0.209. The van der Waals surface area contributed by atoms with Crippen LogP contribution in [0.3, 0.4) is 0 Å². The van der Waals surface area contributed by atoms with Crippen LogP contribution in [0.15, 0.2) is 0 Å². The molecule has 10 heteroatoms. The number of methoxy groups -OCH3 is 1. The first-order chi connectivity index (χ1) is 13.2. The molecule has 2 fully saturated rings. The number of rotatable bonds is 5. The molecule has 2 heterocycles. The highest BCUT2D eigenvalue weighted by atomic mass is 16.6. The van der Waals surface area contributed by atoms with Crippen LogP contribution in [0, 0.1) is 0 Å². The third-order valence-electron chi connectivity index (χ3n) is 4.43. The lowest BCUT2D eigenvalue weighted by molar-refractivity contribution is -0.150. The molecule has 0 aromatic carbocycles. The van der Waals surface area contributed by atoms with E-state index >= 15 is 0 Å². The molecule has 2 aliphatic heterocycles. The number of nitrogens with zero attached hydrogens (tertiary/aromatic N) is 1. The van der Waals surface area contributed by atoms with Gasteiger partial charge in [0, 0.05) is 26.1 Å². The van der Waals surface area contributed by atoms with Gasteiger partial charge in [-0.25, -0.2) is 10.2 Å². The van der Waals surface area contributed by atoms with Gasteiger partial charge in [-0.3, -0.25) is 14.6 Å². The third-order valence-corrected chi connectivity index (χ3v) is 4.43. The number of hydrogen-bond donors (Lipinski definition) is 3. The fourth-order valence-corrected chi connectivity index (χ4v) is 3.15. The summed E-state index contributed by atoms with van der Waals surface area (Å²) in [7, 11) is 1.31. The lowest BCUT2D eigenvalue weighted by Gasteiger charge is -2.36. The Kier molecular flexibility index (Phi) is 8.02. The number of ether oxygens (including phenoxy) is 3. The Balaban J connectivity index is 2.06.